The molecule has 1 aromatic heterocycles. The van der Waals surface area contributed by atoms with Crippen molar-refractivity contribution in [2.75, 3.05) is 17.2 Å². The number of nitrogens with two attached hydrogens (primary N) is 1. The average molecular weight is 707 g/mol. The minimum Gasteiger partial charge on any atom is -0.744 e. The Morgan fingerprint density at radius 1 is 0.915 bits per heavy atom. The molecule has 0 bridgehead atoms. The van der Waals surface area contributed by atoms with Gasteiger partial charge in [0.25, 0.3) is 0 Å². The molecule has 0 saturated heterocycles. The number of unbranched alkanes of at least 4 members (excludes halogenated alkanes) is 1. The van der Waals surface area contributed by atoms with E-state index in [0.717, 1.165) is 18.2 Å². The van der Waals surface area contributed by atoms with Gasteiger partial charge in [-0.25, -0.2) is 16.8 Å². The van der Waals surface area contributed by atoms with E-state index in [4.69, 9.17) is 10.8 Å². The number of anilines is 3. The minimum atomic E-state index is -5.33. The smallest absolute Gasteiger partial charge is 0.744 e. The summed E-state index contributed by atoms with van der Waals surface area (Å²) in [5.74, 6) is -2.63. The fourth-order valence-electron chi connectivity index (χ4n) is 4.03. The number of rotatable bonds is 13. The maximum atomic E-state index is 12.1. The molecule has 18 nitrogen and oxygen atoms in total. The van der Waals surface area contributed by atoms with Crippen molar-refractivity contribution in [2.24, 2.45) is 16.0 Å². The quantitative estimate of drug-likeness (QED) is 0.0339. The van der Waals surface area contributed by atoms with E-state index in [1.54, 1.807) is 18.2 Å². The van der Waals surface area contributed by atoms with E-state index in [2.05, 4.69) is 35.8 Å². The number of aromatic hydroxyl groups is 2. The zero-order valence-electron chi connectivity index (χ0n) is 24.9. The number of phenols is 1. The summed E-state index contributed by atoms with van der Waals surface area (Å²) in [5, 5.41) is 42.4. The summed E-state index contributed by atoms with van der Waals surface area (Å²) in [5.41, 5.74) is 4.58. The monoisotopic (exact) mass is 706 g/mol. The predicted octanol–water partition coefficient (Wildman–Crippen LogP) is -3.59. The molecule has 0 aliphatic rings. The Labute approximate surface area is 312 Å². The number of carboxylic acids is 1. The normalized spacial score (nSPS) is 12.2. The predicted molar refractivity (Wildman–Crippen MR) is 155 cm³/mol. The van der Waals surface area contributed by atoms with Gasteiger partial charge in [0.1, 0.15) is 32.0 Å². The fraction of sp³-hybridized carbons (Fsp3) is 0.200. The molecule has 7 N–H and O–H groups in total. The van der Waals surface area contributed by atoms with Crippen molar-refractivity contribution in [2.45, 2.75) is 35.1 Å². The van der Waals surface area contributed by atoms with Gasteiger partial charge in [0.15, 0.2) is 5.75 Å². The number of aliphatic carboxylic acids is 1. The number of nitrogens with zero attached hydrogens (tertiary/aromatic N) is 5. The van der Waals surface area contributed by atoms with Gasteiger partial charge in [-0.05, 0) is 55.0 Å². The van der Waals surface area contributed by atoms with Gasteiger partial charge >= 0.3 is 71.1 Å². The number of nitrogens with one attached hydrogen (secondary N) is 2. The SMILES string of the molecule is NC(CCCCNc1nc(O)nc(Nc2cc(S(=O)(=O)[O-])cc3cc(S(=O)(=O)[O-])c(N=Nc4ccccc4)c(O)c23)n1)C(=O)O.[Na+].[Na+]. The van der Waals surface area contributed by atoms with Crippen LogP contribution in [0.15, 0.2) is 68.6 Å². The van der Waals surface area contributed by atoms with E-state index in [0.29, 0.717) is 12.8 Å². The number of carbonyl (C=O) groups is 1. The van der Waals surface area contributed by atoms with Crippen LogP contribution in [0.4, 0.5) is 29.0 Å². The molecule has 1 unspecified atom stereocenters. The average Bonchev–Trinajstić information content (AvgIpc) is 2.95. The second-order valence-electron chi connectivity index (χ2n) is 9.36. The van der Waals surface area contributed by atoms with Gasteiger partial charge in [-0.15, -0.1) is 5.11 Å². The van der Waals surface area contributed by atoms with E-state index >= 15 is 0 Å². The molecule has 0 saturated carbocycles. The van der Waals surface area contributed by atoms with E-state index in [-0.39, 0.29) is 100 Å². The standard InChI is InChI=1S/C25H26N8O10S2.2Na/c26-16(22(35)36)8-4-5-9-27-23-29-24(31-25(37)30-23)28-17-12-15(44(38,39)40)10-13-11-18(45(41,42)43)20(21(34)19(13)17)33-32-14-6-2-1-3-7-14;;/h1-3,6-7,10-12,16,34H,4-5,8-9,26H2,(H,35,36)(H,38,39,40)(H,41,42,43)(H3,27,28,29,30,31,37);;/q;2*+1/p-2. The van der Waals surface area contributed by atoms with E-state index < -0.39 is 65.4 Å². The molecule has 0 aliphatic carbocycles. The Hall–Kier alpha value is -3.02. The Balaban J connectivity index is 0.00000384. The van der Waals surface area contributed by atoms with Gasteiger partial charge in [-0.2, -0.15) is 20.1 Å². The van der Waals surface area contributed by atoms with Crippen LogP contribution in [0.5, 0.6) is 11.8 Å². The van der Waals surface area contributed by atoms with Crippen LogP contribution in [0.1, 0.15) is 19.3 Å². The topological polar surface area (TPSA) is 306 Å². The molecule has 3 aromatic carbocycles. The summed E-state index contributed by atoms with van der Waals surface area (Å²) in [4.78, 5) is 20.4. The van der Waals surface area contributed by atoms with Crippen LogP contribution in [0, 0.1) is 0 Å². The molecule has 0 spiro atoms. The first-order valence-electron chi connectivity index (χ1n) is 12.8. The first kappa shape index (κ1) is 40.2. The number of fused-ring (bicyclic) bond motifs is 1. The molecule has 0 amide bonds. The van der Waals surface area contributed by atoms with Crippen molar-refractivity contribution in [3.63, 3.8) is 0 Å². The Kier molecular flexibility index (Phi) is 14.4. The summed E-state index contributed by atoms with van der Waals surface area (Å²) >= 11 is 0. The molecular formula is C25H24N8Na2O10S2. The molecule has 1 atom stereocenters. The van der Waals surface area contributed by atoms with Gasteiger partial charge in [0.05, 0.1) is 21.2 Å². The van der Waals surface area contributed by atoms with Crippen molar-refractivity contribution in [3.8, 4) is 11.8 Å². The van der Waals surface area contributed by atoms with Gasteiger partial charge in [-0.1, -0.05) is 18.2 Å². The molecule has 22 heteroatoms. The molecule has 1 heterocycles. The summed E-state index contributed by atoms with van der Waals surface area (Å²) in [7, 11) is -10.5. The van der Waals surface area contributed by atoms with E-state index in [9.17, 15) is 40.9 Å². The number of phenolic OH excluding ortho intramolecular Hbond substituents is 1. The zero-order chi connectivity index (χ0) is 32.9. The van der Waals surface area contributed by atoms with Crippen LogP contribution in [-0.4, -0.2) is 74.8 Å². The van der Waals surface area contributed by atoms with Gasteiger partial charge in [0.2, 0.25) is 11.9 Å². The zero-order valence-corrected chi connectivity index (χ0v) is 30.5. The second kappa shape index (κ2) is 16.9. The largest absolute Gasteiger partial charge is 1.00 e. The first-order chi connectivity index (χ1) is 21.1. The van der Waals surface area contributed by atoms with Crippen molar-refractivity contribution in [1.29, 1.82) is 0 Å². The van der Waals surface area contributed by atoms with Crippen molar-refractivity contribution in [1.82, 2.24) is 15.0 Å². The van der Waals surface area contributed by atoms with Gasteiger partial charge < -0.3 is 40.8 Å². The van der Waals surface area contributed by atoms with Gasteiger partial charge in [0, 0.05) is 11.9 Å². The third-order valence-electron chi connectivity index (χ3n) is 6.12. The van der Waals surface area contributed by atoms with Gasteiger partial charge in [-0.3, -0.25) is 4.79 Å². The molecule has 0 radical (unpaired) electrons. The number of aromatic nitrogens is 3. The maximum Gasteiger partial charge on any atom is 1.00 e. The second-order valence-corrected chi connectivity index (χ2v) is 12.1. The van der Waals surface area contributed by atoms with Crippen molar-refractivity contribution < 1.29 is 105 Å². The van der Waals surface area contributed by atoms with Crippen LogP contribution in [-0.2, 0) is 25.0 Å². The van der Waals surface area contributed by atoms with Crippen LogP contribution >= 0.6 is 0 Å². The minimum absolute atomic E-state index is 0. The molecule has 47 heavy (non-hydrogen) atoms. The number of benzene rings is 3. The number of hydrogen-bond donors (Lipinski definition) is 6. The summed E-state index contributed by atoms with van der Waals surface area (Å²) in [6.07, 6.45) is 1.10. The molecule has 4 rings (SSSR count). The summed E-state index contributed by atoms with van der Waals surface area (Å²) in [6.45, 7) is 0.227. The van der Waals surface area contributed by atoms with Crippen molar-refractivity contribution >= 4 is 65.9 Å². The summed E-state index contributed by atoms with van der Waals surface area (Å²) < 4.78 is 72.2. The Morgan fingerprint density at radius 2 is 1.57 bits per heavy atom. The van der Waals surface area contributed by atoms with Crippen LogP contribution in [0.2, 0.25) is 0 Å². The number of hydrogen-bond acceptors (Lipinski definition) is 17. The molecule has 0 fully saturated rings. The third kappa shape index (κ3) is 10.7. The molecular weight excluding hydrogens is 682 g/mol. The van der Waals surface area contributed by atoms with Crippen molar-refractivity contribution in [3.05, 3.63) is 48.5 Å². The Bertz CT molecular complexity index is 2000. The van der Waals surface area contributed by atoms with E-state index in [1.807, 2.05) is 0 Å². The third-order valence-corrected chi connectivity index (χ3v) is 7.78. The number of azo groups is 1. The molecule has 4 aromatic rings. The number of carboxylic acid groups (broad SMARTS) is 1. The molecule has 0 aliphatic heterocycles. The molecule has 238 valence electrons. The first-order valence-corrected chi connectivity index (χ1v) is 15.6. The fourth-order valence-corrected chi connectivity index (χ4v) is 5.20. The van der Waals surface area contributed by atoms with Crippen LogP contribution < -0.4 is 75.5 Å². The summed E-state index contributed by atoms with van der Waals surface area (Å²) in [6, 6.07) is 8.38. The van der Waals surface area contributed by atoms with E-state index in [1.165, 1.54) is 12.1 Å². The van der Waals surface area contributed by atoms with Crippen LogP contribution in [0.3, 0.4) is 0 Å². The Morgan fingerprint density at radius 3 is 2.19 bits per heavy atom. The van der Waals surface area contributed by atoms with Crippen LogP contribution in [0.25, 0.3) is 10.8 Å². The maximum absolute atomic E-state index is 12.1.